The van der Waals surface area contributed by atoms with Gasteiger partial charge in [0.05, 0.1) is 4.88 Å². The summed E-state index contributed by atoms with van der Waals surface area (Å²) in [6.45, 7) is 0. The Bertz CT molecular complexity index is 479. The molecule has 0 spiro atoms. The monoisotopic (exact) mass is 254 g/mol. The molecule has 0 fully saturated rings. The van der Waals surface area contributed by atoms with Crippen LogP contribution in [-0.2, 0) is 0 Å². The highest BCUT2D eigenvalue weighted by molar-refractivity contribution is 7.99. The van der Waals surface area contributed by atoms with Crippen LogP contribution in [0.15, 0.2) is 45.5 Å². The van der Waals surface area contributed by atoms with Gasteiger partial charge in [0, 0.05) is 20.2 Å². The molecule has 76 valence electrons. The highest BCUT2D eigenvalue weighted by Crippen LogP contribution is 2.31. The van der Waals surface area contributed by atoms with E-state index in [2.05, 4.69) is 0 Å². The Labute approximate surface area is 101 Å². The number of aldehydes is 1. The molecule has 0 saturated heterocycles. The van der Waals surface area contributed by atoms with Crippen molar-refractivity contribution in [3.63, 3.8) is 0 Å². The van der Waals surface area contributed by atoms with Gasteiger partial charge in [-0.25, -0.2) is 0 Å². The SMILES string of the molecule is O=Cc1cc(Sc2cccc(Cl)c2)cs1. The quantitative estimate of drug-likeness (QED) is 0.757. The first-order chi connectivity index (χ1) is 7.28. The van der Waals surface area contributed by atoms with E-state index in [1.165, 1.54) is 11.3 Å². The van der Waals surface area contributed by atoms with Gasteiger partial charge in [0.25, 0.3) is 0 Å². The number of hydrogen-bond acceptors (Lipinski definition) is 3. The van der Waals surface area contributed by atoms with Gasteiger partial charge in [-0.1, -0.05) is 29.4 Å². The molecule has 15 heavy (non-hydrogen) atoms. The molecule has 4 heteroatoms. The van der Waals surface area contributed by atoms with Gasteiger partial charge in [-0.15, -0.1) is 11.3 Å². The van der Waals surface area contributed by atoms with Crippen molar-refractivity contribution in [1.29, 1.82) is 0 Å². The predicted octanol–water partition coefficient (Wildman–Crippen LogP) is 4.37. The van der Waals surface area contributed by atoms with Crippen LogP contribution in [0.1, 0.15) is 9.67 Å². The lowest BCUT2D eigenvalue weighted by Gasteiger charge is -1.98. The molecule has 0 bridgehead atoms. The molecule has 0 saturated carbocycles. The van der Waals surface area contributed by atoms with Crippen molar-refractivity contribution in [1.82, 2.24) is 0 Å². The van der Waals surface area contributed by atoms with Crippen molar-refractivity contribution in [3.8, 4) is 0 Å². The van der Waals surface area contributed by atoms with Crippen molar-refractivity contribution in [3.05, 3.63) is 45.6 Å². The van der Waals surface area contributed by atoms with Crippen molar-refractivity contribution in [2.45, 2.75) is 9.79 Å². The standard InChI is InChI=1S/C11H7ClOS2/c12-8-2-1-3-9(4-8)15-11-5-10(6-13)14-7-11/h1-7H. The van der Waals surface area contributed by atoms with Crippen molar-refractivity contribution in [2.75, 3.05) is 0 Å². The lowest BCUT2D eigenvalue weighted by molar-refractivity contribution is 0.112. The van der Waals surface area contributed by atoms with Crippen LogP contribution in [-0.4, -0.2) is 6.29 Å². The van der Waals surface area contributed by atoms with E-state index in [1.807, 2.05) is 35.7 Å². The number of hydrogen-bond donors (Lipinski definition) is 0. The molecule has 0 radical (unpaired) electrons. The molecule has 1 nitrogen and oxygen atoms in total. The number of halogens is 1. The second-order valence-electron chi connectivity index (χ2n) is 2.86. The highest BCUT2D eigenvalue weighted by atomic mass is 35.5. The summed E-state index contributed by atoms with van der Waals surface area (Å²) in [7, 11) is 0. The fourth-order valence-electron chi connectivity index (χ4n) is 1.12. The second-order valence-corrected chi connectivity index (χ2v) is 5.39. The molecule has 2 aromatic rings. The van der Waals surface area contributed by atoms with Gasteiger partial charge in [-0.05, 0) is 24.3 Å². The maximum Gasteiger partial charge on any atom is 0.160 e. The normalized spacial score (nSPS) is 10.2. The molecule has 0 atom stereocenters. The summed E-state index contributed by atoms with van der Waals surface area (Å²) in [4.78, 5) is 13.4. The number of benzene rings is 1. The van der Waals surface area contributed by atoms with Crippen molar-refractivity contribution < 1.29 is 4.79 Å². The Morgan fingerprint density at radius 2 is 2.13 bits per heavy atom. The fourth-order valence-corrected chi connectivity index (χ4v) is 3.14. The second kappa shape index (κ2) is 4.84. The number of carbonyl (C=O) groups is 1. The van der Waals surface area contributed by atoms with Crippen molar-refractivity contribution >= 4 is 41.0 Å². The van der Waals surface area contributed by atoms with Gasteiger partial charge in [-0.2, -0.15) is 0 Å². The predicted molar refractivity (Wildman–Crippen MR) is 65.3 cm³/mol. The van der Waals surface area contributed by atoms with Crippen LogP contribution in [0.5, 0.6) is 0 Å². The van der Waals surface area contributed by atoms with Gasteiger partial charge >= 0.3 is 0 Å². The molecular weight excluding hydrogens is 248 g/mol. The first kappa shape index (κ1) is 10.7. The summed E-state index contributed by atoms with van der Waals surface area (Å²) in [5.41, 5.74) is 0. The zero-order chi connectivity index (χ0) is 10.7. The van der Waals surface area contributed by atoms with Crippen LogP contribution < -0.4 is 0 Å². The average Bonchev–Trinajstić information content (AvgIpc) is 2.65. The number of thiophene rings is 1. The van der Waals surface area contributed by atoms with E-state index in [0.717, 1.165) is 26.0 Å². The zero-order valence-electron chi connectivity index (χ0n) is 7.64. The Hall–Kier alpha value is -0.770. The number of rotatable bonds is 3. The molecule has 0 aliphatic heterocycles. The highest BCUT2D eigenvalue weighted by Gasteiger charge is 2.01. The molecule has 1 aromatic heterocycles. The van der Waals surface area contributed by atoms with Gasteiger partial charge in [0.1, 0.15) is 0 Å². The topological polar surface area (TPSA) is 17.1 Å². The molecule has 1 aromatic carbocycles. The summed E-state index contributed by atoms with van der Waals surface area (Å²) in [6, 6.07) is 9.54. The Morgan fingerprint density at radius 3 is 2.80 bits per heavy atom. The molecule has 1 heterocycles. The molecule has 0 N–H and O–H groups in total. The minimum absolute atomic E-state index is 0.728. The van der Waals surface area contributed by atoms with Crippen LogP contribution in [0.2, 0.25) is 5.02 Å². The van der Waals surface area contributed by atoms with E-state index in [4.69, 9.17) is 11.6 Å². The Kier molecular flexibility index (Phi) is 3.46. The van der Waals surface area contributed by atoms with E-state index < -0.39 is 0 Å². The summed E-state index contributed by atoms with van der Waals surface area (Å²) < 4.78 is 0. The fraction of sp³-hybridized carbons (Fsp3) is 0. The maximum atomic E-state index is 10.5. The third-order valence-electron chi connectivity index (χ3n) is 1.74. The van der Waals surface area contributed by atoms with Crippen molar-refractivity contribution in [2.24, 2.45) is 0 Å². The summed E-state index contributed by atoms with van der Waals surface area (Å²) >= 11 is 8.93. The van der Waals surface area contributed by atoms with E-state index in [1.54, 1.807) is 11.8 Å². The maximum absolute atomic E-state index is 10.5. The van der Waals surface area contributed by atoms with Crippen LogP contribution in [0.3, 0.4) is 0 Å². The van der Waals surface area contributed by atoms with E-state index in [0.29, 0.717) is 0 Å². The molecular formula is C11H7ClOS2. The molecule has 0 aliphatic rings. The van der Waals surface area contributed by atoms with E-state index >= 15 is 0 Å². The lowest BCUT2D eigenvalue weighted by atomic mass is 10.4. The minimum Gasteiger partial charge on any atom is -0.297 e. The van der Waals surface area contributed by atoms with Crippen LogP contribution in [0.4, 0.5) is 0 Å². The molecule has 2 rings (SSSR count). The first-order valence-corrected chi connectivity index (χ1v) is 6.32. The van der Waals surface area contributed by atoms with Crippen LogP contribution >= 0.6 is 34.7 Å². The van der Waals surface area contributed by atoms with Gasteiger partial charge in [-0.3, -0.25) is 4.79 Å². The lowest BCUT2D eigenvalue weighted by Crippen LogP contribution is -1.71. The molecule has 0 amide bonds. The van der Waals surface area contributed by atoms with Crippen LogP contribution in [0.25, 0.3) is 0 Å². The Balaban J connectivity index is 2.18. The third-order valence-corrected chi connectivity index (χ3v) is 3.95. The van der Waals surface area contributed by atoms with Gasteiger partial charge in [0.2, 0.25) is 0 Å². The summed E-state index contributed by atoms with van der Waals surface area (Å²) in [6.07, 6.45) is 0.868. The third kappa shape index (κ3) is 2.84. The van der Waals surface area contributed by atoms with E-state index in [-0.39, 0.29) is 0 Å². The minimum atomic E-state index is 0.728. The van der Waals surface area contributed by atoms with Gasteiger partial charge < -0.3 is 0 Å². The van der Waals surface area contributed by atoms with Crippen LogP contribution in [0, 0.1) is 0 Å². The molecule has 0 aliphatic carbocycles. The first-order valence-electron chi connectivity index (χ1n) is 4.25. The smallest absolute Gasteiger partial charge is 0.160 e. The summed E-state index contributed by atoms with van der Waals surface area (Å²) in [5, 5.41) is 2.70. The van der Waals surface area contributed by atoms with E-state index in [9.17, 15) is 4.79 Å². The Morgan fingerprint density at radius 1 is 1.27 bits per heavy atom. The van der Waals surface area contributed by atoms with Gasteiger partial charge in [0.15, 0.2) is 6.29 Å². The summed E-state index contributed by atoms with van der Waals surface area (Å²) in [5.74, 6) is 0. The largest absolute Gasteiger partial charge is 0.297 e. The zero-order valence-corrected chi connectivity index (χ0v) is 10.0. The number of carbonyl (C=O) groups excluding carboxylic acids is 1. The average molecular weight is 255 g/mol. The molecule has 0 unspecified atom stereocenters.